The molecule has 29 heavy (non-hydrogen) atoms. The van der Waals surface area contributed by atoms with Crippen molar-refractivity contribution in [3.05, 3.63) is 60.2 Å². The van der Waals surface area contributed by atoms with Crippen LogP contribution in [-0.2, 0) is 4.79 Å². The highest BCUT2D eigenvalue weighted by Crippen LogP contribution is 2.25. The van der Waals surface area contributed by atoms with E-state index in [-0.39, 0.29) is 11.7 Å². The molecule has 0 saturated carbocycles. The number of carbonyl (C=O) groups excluding carboxylic acids is 1. The number of thioether (sulfide) groups is 1. The summed E-state index contributed by atoms with van der Waals surface area (Å²) in [5.41, 5.74) is 5.55. The van der Waals surface area contributed by atoms with Gasteiger partial charge in [-0.15, -0.1) is 5.10 Å². The Morgan fingerprint density at radius 3 is 2.76 bits per heavy atom. The van der Waals surface area contributed by atoms with Gasteiger partial charge in [0.1, 0.15) is 0 Å². The van der Waals surface area contributed by atoms with Gasteiger partial charge in [-0.05, 0) is 24.6 Å². The van der Waals surface area contributed by atoms with Gasteiger partial charge in [0.2, 0.25) is 17.0 Å². The summed E-state index contributed by atoms with van der Waals surface area (Å²) in [5.74, 6) is 0.431. The second kappa shape index (κ2) is 8.84. The number of anilines is 2. The van der Waals surface area contributed by atoms with Gasteiger partial charge in [-0.1, -0.05) is 65.6 Å². The SMILES string of the molecule is C/C(=N\Nc1nc(SCC(=O)Nc2nc3ccccc3s2)n[nH]1)c1ccccc1. The highest BCUT2D eigenvalue weighted by atomic mass is 32.2. The van der Waals surface area contributed by atoms with Crippen molar-refractivity contribution >= 4 is 56.0 Å². The molecule has 4 aromatic rings. The van der Waals surface area contributed by atoms with Crippen LogP contribution in [0.4, 0.5) is 11.1 Å². The summed E-state index contributed by atoms with van der Waals surface area (Å²) in [6.07, 6.45) is 0. The number of carbonyl (C=O) groups is 1. The maximum absolute atomic E-state index is 12.2. The summed E-state index contributed by atoms with van der Waals surface area (Å²) in [6, 6.07) is 17.6. The molecule has 0 saturated heterocycles. The number of fused-ring (bicyclic) bond motifs is 1. The molecule has 0 aliphatic rings. The first-order valence-electron chi connectivity index (χ1n) is 8.74. The minimum absolute atomic E-state index is 0.161. The summed E-state index contributed by atoms with van der Waals surface area (Å²) in [7, 11) is 0. The Hall–Kier alpha value is -3.24. The van der Waals surface area contributed by atoms with E-state index in [2.05, 4.69) is 36.0 Å². The lowest BCUT2D eigenvalue weighted by Crippen LogP contribution is -2.13. The minimum atomic E-state index is -0.161. The second-order valence-corrected chi connectivity index (χ2v) is 7.94. The van der Waals surface area contributed by atoms with Crippen LogP contribution in [0.5, 0.6) is 0 Å². The molecule has 0 aliphatic heterocycles. The van der Waals surface area contributed by atoms with E-state index in [4.69, 9.17) is 0 Å². The molecule has 0 radical (unpaired) electrons. The van der Waals surface area contributed by atoms with Crippen LogP contribution >= 0.6 is 23.1 Å². The molecular weight excluding hydrogens is 406 g/mol. The van der Waals surface area contributed by atoms with Crippen LogP contribution in [0.25, 0.3) is 10.2 Å². The number of hydrogen-bond acceptors (Lipinski definition) is 8. The van der Waals surface area contributed by atoms with E-state index in [0.29, 0.717) is 16.2 Å². The summed E-state index contributed by atoms with van der Waals surface area (Å²) in [6.45, 7) is 1.90. The fourth-order valence-corrected chi connectivity index (χ4v) is 3.93. The lowest BCUT2D eigenvalue weighted by molar-refractivity contribution is -0.113. The van der Waals surface area contributed by atoms with Gasteiger partial charge in [0.25, 0.3) is 0 Å². The fourth-order valence-electron chi connectivity index (χ4n) is 2.45. The second-order valence-electron chi connectivity index (χ2n) is 5.97. The quantitative estimate of drug-likeness (QED) is 0.236. The highest BCUT2D eigenvalue weighted by Gasteiger charge is 2.10. The summed E-state index contributed by atoms with van der Waals surface area (Å²) >= 11 is 2.67. The Morgan fingerprint density at radius 1 is 1.14 bits per heavy atom. The molecule has 10 heteroatoms. The molecule has 146 valence electrons. The van der Waals surface area contributed by atoms with Crippen LogP contribution in [0.15, 0.2) is 64.9 Å². The molecule has 0 fully saturated rings. The maximum atomic E-state index is 12.2. The van der Waals surface area contributed by atoms with Gasteiger partial charge in [-0.3, -0.25) is 4.79 Å². The molecule has 0 aliphatic carbocycles. The smallest absolute Gasteiger partial charge is 0.240 e. The molecule has 8 nitrogen and oxygen atoms in total. The van der Waals surface area contributed by atoms with E-state index in [9.17, 15) is 4.79 Å². The maximum Gasteiger partial charge on any atom is 0.240 e. The molecule has 4 rings (SSSR count). The van der Waals surface area contributed by atoms with Crippen molar-refractivity contribution in [3.8, 4) is 0 Å². The molecule has 2 aromatic heterocycles. The fraction of sp³-hybridized carbons (Fsp3) is 0.105. The van der Waals surface area contributed by atoms with E-state index >= 15 is 0 Å². The third-order valence-corrected chi connectivity index (χ3v) is 5.66. The van der Waals surface area contributed by atoms with Crippen molar-refractivity contribution < 1.29 is 4.79 Å². The van der Waals surface area contributed by atoms with Crippen LogP contribution < -0.4 is 10.7 Å². The van der Waals surface area contributed by atoms with Crippen LogP contribution in [0.2, 0.25) is 0 Å². The van der Waals surface area contributed by atoms with Crippen LogP contribution in [0.3, 0.4) is 0 Å². The molecule has 3 N–H and O–H groups in total. The Morgan fingerprint density at radius 2 is 1.93 bits per heavy atom. The van der Waals surface area contributed by atoms with E-state index < -0.39 is 0 Å². The first-order valence-corrected chi connectivity index (χ1v) is 10.5. The van der Waals surface area contributed by atoms with E-state index in [0.717, 1.165) is 21.5 Å². The summed E-state index contributed by atoms with van der Waals surface area (Å²) < 4.78 is 1.03. The number of aromatic amines is 1. The number of hydrazone groups is 1. The van der Waals surface area contributed by atoms with Crippen molar-refractivity contribution in [2.24, 2.45) is 5.10 Å². The molecule has 0 unspecified atom stereocenters. The van der Waals surface area contributed by atoms with Crippen LogP contribution in [0, 0.1) is 0 Å². The zero-order valence-corrected chi connectivity index (χ0v) is 17.0. The number of hydrogen-bond donors (Lipinski definition) is 3. The van der Waals surface area contributed by atoms with E-state index in [1.807, 2.05) is 61.5 Å². The van der Waals surface area contributed by atoms with Gasteiger partial charge in [0.05, 0.1) is 21.7 Å². The Bertz CT molecular complexity index is 1120. The lowest BCUT2D eigenvalue weighted by atomic mass is 10.1. The predicted molar refractivity (Wildman–Crippen MR) is 118 cm³/mol. The van der Waals surface area contributed by atoms with Crippen molar-refractivity contribution in [1.82, 2.24) is 20.2 Å². The van der Waals surface area contributed by atoms with E-state index in [1.54, 1.807) is 0 Å². The number of nitrogens with zero attached hydrogens (tertiary/aromatic N) is 4. The number of benzene rings is 2. The summed E-state index contributed by atoms with van der Waals surface area (Å²) in [5, 5.41) is 15.0. The third kappa shape index (κ3) is 4.98. The monoisotopic (exact) mass is 423 g/mol. The van der Waals surface area contributed by atoms with Crippen molar-refractivity contribution in [2.75, 3.05) is 16.5 Å². The van der Waals surface area contributed by atoms with Gasteiger partial charge in [0.15, 0.2) is 5.13 Å². The van der Waals surface area contributed by atoms with Gasteiger partial charge in [-0.2, -0.15) is 10.1 Å². The molecule has 0 bridgehead atoms. The largest absolute Gasteiger partial charge is 0.301 e. The number of nitrogens with one attached hydrogen (secondary N) is 3. The average Bonchev–Trinajstić information content (AvgIpc) is 3.37. The number of para-hydroxylation sites is 1. The average molecular weight is 424 g/mol. The van der Waals surface area contributed by atoms with Crippen molar-refractivity contribution in [3.63, 3.8) is 0 Å². The van der Waals surface area contributed by atoms with Crippen molar-refractivity contribution in [2.45, 2.75) is 12.1 Å². The zero-order valence-electron chi connectivity index (χ0n) is 15.4. The molecule has 1 amide bonds. The first kappa shape index (κ1) is 19.1. The van der Waals surface area contributed by atoms with E-state index in [1.165, 1.54) is 23.1 Å². The Balaban J connectivity index is 1.29. The number of aromatic nitrogens is 4. The van der Waals surface area contributed by atoms with Crippen LogP contribution in [0.1, 0.15) is 12.5 Å². The molecule has 0 atom stereocenters. The third-order valence-electron chi connectivity index (χ3n) is 3.86. The van der Waals surface area contributed by atoms with Gasteiger partial charge in [-0.25, -0.2) is 15.5 Å². The minimum Gasteiger partial charge on any atom is -0.301 e. The number of amides is 1. The molecule has 2 heterocycles. The lowest BCUT2D eigenvalue weighted by Gasteiger charge is -2.00. The number of H-pyrrole nitrogens is 1. The topological polar surface area (TPSA) is 108 Å². The Kier molecular flexibility index (Phi) is 5.82. The number of rotatable bonds is 7. The molecule has 0 spiro atoms. The standard InChI is InChI=1S/C19H17N7OS2/c1-12(13-7-3-2-4-8-13)23-24-17-22-19(26-25-17)28-11-16(27)21-18-20-14-9-5-6-10-15(14)29-18/h2-10H,11H2,1H3,(H,20,21,27)(H2,22,24,25,26)/b23-12+. The number of thiazole rings is 1. The van der Waals surface area contributed by atoms with Gasteiger partial charge < -0.3 is 5.32 Å². The van der Waals surface area contributed by atoms with Gasteiger partial charge >= 0.3 is 0 Å². The normalized spacial score (nSPS) is 11.6. The molecule has 2 aromatic carbocycles. The first-order chi connectivity index (χ1) is 14.2. The predicted octanol–water partition coefficient (Wildman–Crippen LogP) is 3.98. The summed E-state index contributed by atoms with van der Waals surface area (Å²) in [4.78, 5) is 20.8. The van der Waals surface area contributed by atoms with Gasteiger partial charge in [0, 0.05) is 0 Å². The molecular formula is C19H17N7OS2. The highest BCUT2D eigenvalue weighted by molar-refractivity contribution is 7.99. The van der Waals surface area contributed by atoms with Crippen molar-refractivity contribution in [1.29, 1.82) is 0 Å². The zero-order chi connectivity index (χ0) is 20.1. The van der Waals surface area contributed by atoms with Crippen LogP contribution in [-0.4, -0.2) is 37.5 Å². The Labute approximate surface area is 174 Å².